The zero-order valence-corrected chi connectivity index (χ0v) is 16.8. The van der Waals surface area contributed by atoms with Crippen LogP contribution in [0.1, 0.15) is 51.3 Å². The van der Waals surface area contributed by atoms with E-state index < -0.39 is 17.7 Å². The van der Waals surface area contributed by atoms with Crippen LogP contribution in [0.2, 0.25) is 0 Å². The van der Waals surface area contributed by atoms with Crippen LogP contribution in [0.25, 0.3) is 0 Å². The summed E-state index contributed by atoms with van der Waals surface area (Å²) >= 11 is 1.49. The molecule has 1 heterocycles. The molecule has 0 saturated heterocycles. The monoisotopic (exact) mass is 370 g/mol. The van der Waals surface area contributed by atoms with Gasteiger partial charge < -0.3 is 20.5 Å². The average molecular weight is 371 g/mol. The lowest BCUT2D eigenvalue weighted by molar-refractivity contribution is -0.136. The summed E-state index contributed by atoms with van der Waals surface area (Å²) in [4.78, 5) is 24.6. The molecule has 1 aromatic heterocycles. The number of thiophene rings is 1. The molecule has 0 radical (unpaired) electrons. The number of rotatable bonds is 8. The molecule has 1 atom stereocenters. The minimum atomic E-state index is -0.824. The van der Waals surface area contributed by atoms with Gasteiger partial charge in [-0.05, 0) is 45.7 Å². The number of carboxylic acids is 1. The highest BCUT2D eigenvalue weighted by Gasteiger charge is 2.29. The van der Waals surface area contributed by atoms with E-state index in [1.165, 1.54) is 11.3 Å². The van der Waals surface area contributed by atoms with Gasteiger partial charge in [0.05, 0.1) is 6.42 Å². The van der Waals surface area contributed by atoms with Crippen LogP contribution in [-0.2, 0) is 22.5 Å². The van der Waals surface area contributed by atoms with Gasteiger partial charge in [0.2, 0.25) is 0 Å². The van der Waals surface area contributed by atoms with Gasteiger partial charge >= 0.3 is 12.1 Å². The molecule has 1 rings (SSSR count). The van der Waals surface area contributed by atoms with Crippen molar-refractivity contribution in [2.45, 2.75) is 65.6 Å². The standard InChI is InChI=1S/C18H30N2O4S/c1-12(2)18(6,11-19-16(23)24-17(3,4)5)20-10-14-8-7-13(25-14)9-15(21)22/h7-8,12,20H,9-11H2,1-6H3,(H,19,23)(H,21,22). The van der Waals surface area contributed by atoms with Crippen molar-refractivity contribution in [3.8, 4) is 0 Å². The molecule has 0 saturated carbocycles. The topological polar surface area (TPSA) is 87.7 Å². The Kier molecular flexibility index (Phi) is 7.44. The van der Waals surface area contributed by atoms with Crippen LogP contribution < -0.4 is 10.6 Å². The lowest BCUT2D eigenvalue weighted by Crippen LogP contribution is -2.54. The van der Waals surface area contributed by atoms with Crippen molar-refractivity contribution in [3.63, 3.8) is 0 Å². The summed E-state index contributed by atoms with van der Waals surface area (Å²) in [5.74, 6) is -0.546. The van der Waals surface area contributed by atoms with Gasteiger partial charge in [-0.1, -0.05) is 13.8 Å². The van der Waals surface area contributed by atoms with Crippen LogP contribution in [0.5, 0.6) is 0 Å². The van der Waals surface area contributed by atoms with E-state index in [1.807, 2.05) is 32.9 Å². The summed E-state index contributed by atoms with van der Waals surface area (Å²) in [5, 5.41) is 15.2. The number of nitrogens with one attached hydrogen (secondary N) is 2. The van der Waals surface area contributed by atoms with Gasteiger partial charge in [0.1, 0.15) is 5.60 Å². The van der Waals surface area contributed by atoms with Gasteiger partial charge in [0.25, 0.3) is 0 Å². The van der Waals surface area contributed by atoms with E-state index >= 15 is 0 Å². The molecule has 0 fully saturated rings. The lowest BCUT2D eigenvalue weighted by atomic mass is 9.88. The maximum atomic E-state index is 11.9. The summed E-state index contributed by atoms with van der Waals surface area (Å²) < 4.78 is 5.28. The smallest absolute Gasteiger partial charge is 0.407 e. The van der Waals surface area contributed by atoms with Crippen molar-refractivity contribution in [2.24, 2.45) is 5.92 Å². The second-order valence-electron chi connectivity index (χ2n) is 7.72. The fraction of sp³-hybridized carbons (Fsp3) is 0.667. The number of hydrogen-bond donors (Lipinski definition) is 3. The largest absolute Gasteiger partial charge is 0.481 e. The van der Waals surface area contributed by atoms with Crippen molar-refractivity contribution in [3.05, 3.63) is 21.9 Å². The minimum absolute atomic E-state index is 0.0479. The van der Waals surface area contributed by atoms with E-state index in [4.69, 9.17) is 9.84 Å². The summed E-state index contributed by atoms with van der Waals surface area (Å²) in [6.45, 7) is 12.8. The summed E-state index contributed by atoms with van der Waals surface area (Å²) in [6.07, 6.45) is -0.382. The Hall–Kier alpha value is -1.60. The van der Waals surface area contributed by atoms with Crippen LogP contribution in [0.15, 0.2) is 12.1 Å². The fourth-order valence-electron chi connectivity index (χ4n) is 2.09. The number of amides is 1. The van der Waals surface area contributed by atoms with Crippen molar-refractivity contribution in [2.75, 3.05) is 6.54 Å². The van der Waals surface area contributed by atoms with Gasteiger partial charge in [0, 0.05) is 28.4 Å². The van der Waals surface area contributed by atoms with Gasteiger partial charge in [-0.25, -0.2) is 4.79 Å². The zero-order valence-electron chi connectivity index (χ0n) is 15.9. The molecule has 1 amide bonds. The van der Waals surface area contributed by atoms with Gasteiger partial charge in [-0.2, -0.15) is 0 Å². The Morgan fingerprint density at radius 1 is 1.20 bits per heavy atom. The normalized spacial score (nSPS) is 14.2. The van der Waals surface area contributed by atoms with Crippen molar-refractivity contribution in [1.82, 2.24) is 10.6 Å². The molecule has 25 heavy (non-hydrogen) atoms. The van der Waals surface area contributed by atoms with E-state index in [2.05, 4.69) is 31.4 Å². The maximum Gasteiger partial charge on any atom is 0.407 e. The van der Waals surface area contributed by atoms with E-state index in [9.17, 15) is 9.59 Å². The Morgan fingerprint density at radius 2 is 1.80 bits per heavy atom. The van der Waals surface area contributed by atoms with Crippen LogP contribution in [0.4, 0.5) is 4.79 Å². The number of hydrogen-bond acceptors (Lipinski definition) is 5. The van der Waals surface area contributed by atoms with Gasteiger partial charge in [-0.15, -0.1) is 11.3 Å². The predicted octanol–water partition coefficient (Wildman–Crippen LogP) is 3.40. The summed E-state index contributed by atoms with van der Waals surface area (Å²) in [6, 6.07) is 3.79. The first-order chi connectivity index (χ1) is 11.4. The lowest BCUT2D eigenvalue weighted by Gasteiger charge is -2.35. The van der Waals surface area contributed by atoms with Gasteiger partial charge in [0.15, 0.2) is 0 Å². The molecular weight excluding hydrogens is 340 g/mol. The van der Waals surface area contributed by atoms with E-state index in [0.717, 1.165) is 9.75 Å². The maximum absolute atomic E-state index is 11.9. The quantitative estimate of drug-likeness (QED) is 0.653. The van der Waals surface area contributed by atoms with Crippen molar-refractivity contribution >= 4 is 23.4 Å². The zero-order chi connectivity index (χ0) is 19.3. The number of carboxylic acid groups (broad SMARTS) is 1. The molecule has 1 aromatic rings. The molecule has 3 N–H and O–H groups in total. The molecule has 0 aliphatic rings. The number of carbonyl (C=O) groups excluding carboxylic acids is 1. The highest BCUT2D eigenvalue weighted by Crippen LogP contribution is 2.21. The average Bonchev–Trinajstić information content (AvgIpc) is 2.87. The highest BCUT2D eigenvalue weighted by atomic mass is 32.1. The van der Waals surface area contributed by atoms with E-state index in [-0.39, 0.29) is 17.9 Å². The molecule has 0 aromatic carbocycles. The van der Waals surface area contributed by atoms with E-state index in [1.54, 1.807) is 0 Å². The van der Waals surface area contributed by atoms with Gasteiger partial charge in [-0.3, -0.25) is 4.79 Å². The van der Waals surface area contributed by atoms with Crippen molar-refractivity contribution < 1.29 is 19.4 Å². The number of aliphatic carboxylic acids is 1. The summed E-state index contributed by atoms with van der Waals surface area (Å²) in [5.41, 5.74) is -0.836. The second kappa shape index (κ2) is 8.67. The Balaban J connectivity index is 2.61. The summed E-state index contributed by atoms with van der Waals surface area (Å²) in [7, 11) is 0. The Labute approximate surface area is 154 Å². The molecule has 6 nitrogen and oxygen atoms in total. The van der Waals surface area contributed by atoms with Crippen LogP contribution in [0, 0.1) is 5.92 Å². The fourth-order valence-corrected chi connectivity index (χ4v) is 3.04. The third kappa shape index (κ3) is 7.88. The first-order valence-electron chi connectivity index (χ1n) is 8.42. The molecule has 0 aliphatic carbocycles. The number of carbonyl (C=O) groups is 2. The van der Waals surface area contributed by atoms with E-state index in [0.29, 0.717) is 13.1 Å². The molecule has 7 heteroatoms. The molecule has 0 bridgehead atoms. The molecule has 0 spiro atoms. The third-order valence-corrected chi connectivity index (χ3v) is 5.07. The molecule has 142 valence electrons. The minimum Gasteiger partial charge on any atom is -0.481 e. The van der Waals surface area contributed by atoms with Crippen LogP contribution in [-0.4, -0.2) is 34.9 Å². The molecule has 1 unspecified atom stereocenters. The van der Waals surface area contributed by atoms with Crippen molar-refractivity contribution in [1.29, 1.82) is 0 Å². The number of ether oxygens (including phenoxy) is 1. The third-order valence-electron chi connectivity index (χ3n) is 3.98. The number of alkyl carbamates (subject to hydrolysis) is 1. The second-order valence-corrected chi connectivity index (χ2v) is 8.97. The Bertz CT molecular complexity index is 592. The van der Waals surface area contributed by atoms with Crippen LogP contribution in [0.3, 0.4) is 0 Å². The highest BCUT2D eigenvalue weighted by molar-refractivity contribution is 7.12. The first-order valence-corrected chi connectivity index (χ1v) is 9.24. The molecular formula is C18H30N2O4S. The SMILES string of the molecule is CC(C)C(C)(CNC(=O)OC(C)(C)C)NCc1ccc(CC(=O)O)s1. The first kappa shape index (κ1) is 21.4. The van der Waals surface area contributed by atoms with Crippen LogP contribution >= 0.6 is 11.3 Å². The molecule has 0 aliphatic heterocycles. The predicted molar refractivity (Wildman–Crippen MR) is 100.0 cm³/mol. The Morgan fingerprint density at radius 3 is 2.32 bits per heavy atom.